The van der Waals surface area contributed by atoms with E-state index in [0.29, 0.717) is 19.5 Å². The maximum atomic E-state index is 13.7. The summed E-state index contributed by atoms with van der Waals surface area (Å²) in [6.07, 6.45) is 0.378. The zero-order valence-electron chi connectivity index (χ0n) is 14.0. The largest absolute Gasteiger partial charge is 0.350 e. The standard InChI is InChI=1S/C19H19F2N3O2/c20-14-5-3-4-13(10-14)11-15(24-9-8-22-19(24)26)12-23-18(25)16-6-1-2-7-17(16)21/h1-7,10,15H,8-9,11-12H2,(H,22,26)(H,23,25). The van der Waals surface area contributed by atoms with E-state index in [1.165, 1.54) is 30.3 Å². The van der Waals surface area contributed by atoms with Crippen molar-refractivity contribution in [2.24, 2.45) is 0 Å². The van der Waals surface area contributed by atoms with Crippen molar-refractivity contribution in [2.45, 2.75) is 12.5 Å². The summed E-state index contributed by atoms with van der Waals surface area (Å²) in [6.45, 7) is 1.14. The molecule has 3 rings (SSSR count). The molecule has 1 unspecified atom stereocenters. The van der Waals surface area contributed by atoms with E-state index in [1.54, 1.807) is 23.1 Å². The van der Waals surface area contributed by atoms with E-state index in [-0.39, 0.29) is 30.0 Å². The number of rotatable bonds is 6. The number of nitrogens with zero attached hydrogens (tertiary/aromatic N) is 1. The molecule has 0 saturated carbocycles. The predicted octanol–water partition coefficient (Wildman–Crippen LogP) is 2.33. The van der Waals surface area contributed by atoms with Gasteiger partial charge in [0.25, 0.3) is 5.91 Å². The van der Waals surface area contributed by atoms with Gasteiger partial charge in [-0.2, -0.15) is 0 Å². The number of carbonyl (C=O) groups is 2. The summed E-state index contributed by atoms with van der Waals surface area (Å²) < 4.78 is 27.2. The van der Waals surface area contributed by atoms with Gasteiger partial charge in [-0.05, 0) is 36.2 Å². The molecule has 0 bridgehead atoms. The summed E-state index contributed by atoms with van der Waals surface area (Å²) in [4.78, 5) is 25.9. The number of urea groups is 1. The molecule has 2 N–H and O–H groups in total. The van der Waals surface area contributed by atoms with Crippen molar-refractivity contribution in [3.63, 3.8) is 0 Å². The first kappa shape index (κ1) is 17.8. The Labute approximate surface area is 150 Å². The van der Waals surface area contributed by atoms with Crippen LogP contribution < -0.4 is 10.6 Å². The summed E-state index contributed by atoms with van der Waals surface area (Å²) in [6, 6.07) is 11.2. The first-order valence-corrected chi connectivity index (χ1v) is 8.36. The van der Waals surface area contributed by atoms with E-state index in [0.717, 1.165) is 5.56 Å². The highest BCUT2D eigenvalue weighted by molar-refractivity contribution is 5.94. The molecule has 136 valence electrons. The van der Waals surface area contributed by atoms with Crippen molar-refractivity contribution in [3.05, 3.63) is 71.3 Å². The highest BCUT2D eigenvalue weighted by Crippen LogP contribution is 2.13. The van der Waals surface area contributed by atoms with Gasteiger partial charge in [-0.15, -0.1) is 0 Å². The summed E-state index contributed by atoms with van der Waals surface area (Å²) in [5.41, 5.74) is 0.665. The van der Waals surface area contributed by atoms with Crippen molar-refractivity contribution >= 4 is 11.9 Å². The van der Waals surface area contributed by atoms with Gasteiger partial charge in [0, 0.05) is 19.6 Å². The van der Waals surface area contributed by atoms with Crippen LogP contribution in [-0.4, -0.2) is 42.5 Å². The second-order valence-corrected chi connectivity index (χ2v) is 6.10. The maximum absolute atomic E-state index is 13.7. The van der Waals surface area contributed by atoms with E-state index < -0.39 is 11.7 Å². The molecule has 1 fully saturated rings. The summed E-state index contributed by atoms with van der Waals surface area (Å²) in [5, 5.41) is 5.39. The highest BCUT2D eigenvalue weighted by Gasteiger charge is 2.28. The number of amides is 3. The van der Waals surface area contributed by atoms with Crippen LogP contribution in [0.25, 0.3) is 0 Å². The third kappa shape index (κ3) is 4.17. The molecule has 1 heterocycles. The zero-order valence-corrected chi connectivity index (χ0v) is 14.0. The lowest BCUT2D eigenvalue weighted by Crippen LogP contribution is -2.46. The van der Waals surface area contributed by atoms with Crippen molar-refractivity contribution < 1.29 is 18.4 Å². The van der Waals surface area contributed by atoms with Crippen LogP contribution in [0.5, 0.6) is 0 Å². The molecule has 1 saturated heterocycles. The monoisotopic (exact) mass is 359 g/mol. The Bertz CT molecular complexity index is 813. The number of carbonyl (C=O) groups excluding carboxylic acids is 2. The quantitative estimate of drug-likeness (QED) is 0.832. The van der Waals surface area contributed by atoms with Gasteiger partial charge < -0.3 is 15.5 Å². The van der Waals surface area contributed by atoms with Gasteiger partial charge in [-0.1, -0.05) is 24.3 Å². The third-order valence-corrected chi connectivity index (χ3v) is 4.31. The average Bonchev–Trinajstić information content (AvgIpc) is 3.04. The second kappa shape index (κ2) is 7.95. The first-order chi connectivity index (χ1) is 12.5. The maximum Gasteiger partial charge on any atom is 0.317 e. The van der Waals surface area contributed by atoms with Crippen LogP contribution in [0.1, 0.15) is 15.9 Å². The van der Waals surface area contributed by atoms with Crippen molar-refractivity contribution in [2.75, 3.05) is 19.6 Å². The van der Waals surface area contributed by atoms with E-state index in [9.17, 15) is 18.4 Å². The first-order valence-electron chi connectivity index (χ1n) is 8.36. The van der Waals surface area contributed by atoms with Crippen molar-refractivity contribution in [1.29, 1.82) is 0 Å². The van der Waals surface area contributed by atoms with Crippen LogP contribution in [0.15, 0.2) is 48.5 Å². The normalized spacial score (nSPS) is 14.8. The van der Waals surface area contributed by atoms with Gasteiger partial charge >= 0.3 is 6.03 Å². The smallest absolute Gasteiger partial charge is 0.317 e. The lowest BCUT2D eigenvalue weighted by atomic mass is 10.0. The fourth-order valence-electron chi connectivity index (χ4n) is 3.01. The Morgan fingerprint density at radius 3 is 2.69 bits per heavy atom. The summed E-state index contributed by atoms with van der Waals surface area (Å²) >= 11 is 0. The van der Waals surface area contributed by atoms with E-state index >= 15 is 0 Å². The third-order valence-electron chi connectivity index (χ3n) is 4.31. The molecule has 0 radical (unpaired) electrons. The fourth-order valence-corrected chi connectivity index (χ4v) is 3.01. The lowest BCUT2D eigenvalue weighted by Gasteiger charge is -2.27. The number of halogens is 2. The van der Waals surface area contributed by atoms with E-state index in [4.69, 9.17) is 0 Å². The minimum absolute atomic E-state index is 0.0529. The number of hydrogen-bond donors (Lipinski definition) is 2. The van der Waals surface area contributed by atoms with Crippen LogP contribution in [0.3, 0.4) is 0 Å². The Morgan fingerprint density at radius 2 is 2.00 bits per heavy atom. The molecule has 5 nitrogen and oxygen atoms in total. The molecule has 26 heavy (non-hydrogen) atoms. The minimum atomic E-state index is -0.606. The molecule has 1 aliphatic heterocycles. The molecule has 0 aliphatic carbocycles. The predicted molar refractivity (Wildman–Crippen MR) is 92.7 cm³/mol. The van der Waals surface area contributed by atoms with E-state index in [2.05, 4.69) is 10.6 Å². The Balaban J connectivity index is 1.72. The van der Waals surface area contributed by atoms with Crippen molar-refractivity contribution in [3.8, 4) is 0 Å². The summed E-state index contributed by atoms with van der Waals surface area (Å²) in [5.74, 6) is -1.51. The number of hydrogen-bond acceptors (Lipinski definition) is 2. The Hall–Kier alpha value is -2.96. The molecule has 0 spiro atoms. The topological polar surface area (TPSA) is 61.4 Å². The van der Waals surface area contributed by atoms with Crippen LogP contribution in [0.4, 0.5) is 13.6 Å². The van der Waals surface area contributed by atoms with Crippen LogP contribution in [-0.2, 0) is 6.42 Å². The Morgan fingerprint density at radius 1 is 1.19 bits per heavy atom. The molecular weight excluding hydrogens is 340 g/mol. The molecule has 1 aliphatic rings. The van der Waals surface area contributed by atoms with Crippen LogP contribution in [0, 0.1) is 11.6 Å². The molecule has 0 aromatic heterocycles. The molecule has 1 atom stereocenters. The molecule has 2 aromatic carbocycles. The lowest BCUT2D eigenvalue weighted by molar-refractivity contribution is 0.0936. The van der Waals surface area contributed by atoms with Gasteiger partial charge in [-0.25, -0.2) is 13.6 Å². The number of benzene rings is 2. The zero-order chi connectivity index (χ0) is 18.5. The number of nitrogens with one attached hydrogen (secondary N) is 2. The van der Waals surface area contributed by atoms with Crippen LogP contribution in [0.2, 0.25) is 0 Å². The highest BCUT2D eigenvalue weighted by atomic mass is 19.1. The van der Waals surface area contributed by atoms with Gasteiger partial charge in [0.15, 0.2) is 0 Å². The van der Waals surface area contributed by atoms with Gasteiger partial charge in [0.2, 0.25) is 0 Å². The van der Waals surface area contributed by atoms with Gasteiger partial charge in [0.1, 0.15) is 11.6 Å². The molecule has 3 amide bonds. The van der Waals surface area contributed by atoms with Crippen molar-refractivity contribution in [1.82, 2.24) is 15.5 Å². The van der Waals surface area contributed by atoms with Gasteiger partial charge in [-0.3, -0.25) is 4.79 Å². The average molecular weight is 359 g/mol. The molecule has 2 aromatic rings. The molecule has 7 heteroatoms. The Kier molecular flexibility index (Phi) is 5.46. The SMILES string of the molecule is O=C(NCC(Cc1cccc(F)c1)N1CCNC1=O)c1ccccc1F. The van der Waals surface area contributed by atoms with E-state index in [1.807, 2.05) is 0 Å². The fraction of sp³-hybridized carbons (Fsp3) is 0.263. The van der Waals surface area contributed by atoms with Gasteiger partial charge in [0.05, 0.1) is 11.6 Å². The van der Waals surface area contributed by atoms with Crippen LogP contribution >= 0.6 is 0 Å². The molecular formula is C19H19F2N3O2. The second-order valence-electron chi connectivity index (χ2n) is 6.10. The minimum Gasteiger partial charge on any atom is -0.350 e. The summed E-state index contributed by atoms with van der Waals surface area (Å²) in [7, 11) is 0.